The molecule has 8 rings (SSSR count). The third-order valence-corrected chi connectivity index (χ3v) is 21.7. The quantitative estimate of drug-likeness (QED) is 0.0603. The standard InChI is InChI=1S/C62H90N13O14P/c1-29-20-39-40(21-30(29)2)75(28-70-39)57-52(84)53(41(27-76)87-57)89-90(85,86)88-31(3)26-69-49(83)18-19-59(8)37(22-46(66)80)56-62(11)61(10,25-48(68)82)36(14-17-45(65)79)51(74-62)33(5)55-60(9,24-47(67)81)34(12-15-43(63)77)38(71-55)23-42-58(6,7)35(13-16-44(64)78)50(72-42)32(4)54(59)73-56/h20-21,23,28,31,34-37,41,52-53,56-57,71,76,84H,12-19,22,24-27H2,1-11H3,(H2,63,77)(H2,64,78)(H2,65,79)(H2,66,80)(H2,67,81)(H2,68,82)(H,69,83)(H,85,86)/b38-23-,50-32-,55-33-/t31?,34?,35-,36-,37+,41-,52-,53-,56?,57+,59-,60+,61+,62+/m1/s1. The second-order valence-corrected chi connectivity index (χ2v) is 28.4. The van der Waals surface area contributed by atoms with Crippen molar-refractivity contribution in [2.75, 3.05) is 13.2 Å². The SMILES string of the molecule is C/C1=C2N=C(/C=C3\N/C(=C(/C)C4=N[C@@](C)(C5N=C1[C@](C)(CCC(=O)NCC(C)OP(=O)(O)O[C@H]1[C@@H](O)[C@@H](n6cnc7cc(C)c(C)cc76)O[C@@H]1CO)[C@H]5CC(N)=O)[C@@](C)(CC(N)=O)[C@@H]4CCC(N)=O)[C@@](C)(CC(N)=O)C3CCC(N)=O)C(C)(C)[C@@H]/2CCC(N)=O. The summed E-state index contributed by atoms with van der Waals surface area (Å²) in [6.07, 6.45) is -4.26. The number of fused-ring (bicyclic) bond motifs is 7. The smallest absolute Gasteiger partial charge is 0.394 e. The lowest BCUT2D eigenvalue weighted by Gasteiger charge is -2.48. The normalized spacial score (nSPS) is 34.2. The molecule has 1 aromatic heterocycles. The third-order valence-electron chi connectivity index (χ3n) is 20.6. The number of hydrogen-bond donors (Lipinski definition) is 11. The van der Waals surface area contributed by atoms with Crippen LogP contribution in [0.25, 0.3) is 11.0 Å². The molecule has 15 atom stereocenters. The summed E-state index contributed by atoms with van der Waals surface area (Å²) in [6, 6.07) is 2.70. The molecule has 0 saturated carbocycles. The van der Waals surface area contributed by atoms with Gasteiger partial charge in [0.05, 0.1) is 41.7 Å². The molecule has 4 unspecified atom stereocenters. The van der Waals surface area contributed by atoms with E-state index in [2.05, 4.69) is 15.6 Å². The van der Waals surface area contributed by atoms with Gasteiger partial charge in [-0.05, 0) is 108 Å². The minimum absolute atomic E-state index is 0.0114. The number of nitrogens with two attached hydrogens (primary N) is 6. The number of allylic oxidation sites excluding steroid dienone is 6. The number of aliphatic imine (C=N–C) groups is 3. The molecule has 0 spiro atoms. The number of ether oxygens (including phenoxy) is 1. The lowest BCUT2D eigenvalue weighted by Crippen LogP contribution is -2.56. The number of rotatable bonds is 26. The minimum atomic E-state index is -5.07. The van der Waals surface area contributed by atoms with E-state index in [1.54, 1.807) is 4.57 Å². The van der Waals surface area contributed by atoms with Crippen LogP contribution in [0.5, 0.6) is 0 Å². The Balaban J connectivity index is 1.19. The topological polar surface area (TPSA) is 460 Å². The fourth-order valence-electron chi connectivity index (χ4n) is 15.4. The van der Waals surface area contributed by atoms with E-state index in [0.717, 1.165) is 11.1 Å². The highest BCUT2D eigenvalue weighted by atomic mass is 31.2. The maximum Gasteiger partial charge on any atom is 0.472 e. The van der Waals surface area contributed by atoms with Gasteiger partial charge in [0, 0.05) is 131 Å². The van der Waals surface area contributed by atoms with Crippen LogP contribution in [0.2, 0.25) is 0 Å². The molecule has 7 heterocycles. The van der Waals surface area contributed by atoms with Gasteiger partial charge in [-0.25, -0.2) is 9.55 Å². The molecule has 28 heteroatoms. The van der Waals surface area contributed by atoms with Gasteiger partial charge in [0.25, 0.3) is 0 Å². The average molecular weight is 1270 g/mol. The van der Waals surface area contributed by atoms with E-state index >= 15 is 0 Å². The molecule has 17 N–H and O–H groups in total. The molecule has 492 valence electrons. The summed E-state index contributed by atoms with van der Waals surface area (Å²) in [5.74, 6) is -7.18. The summed E-state index contributed by atoms with van der Waals surface area (Å²) in [7, 11) is -5.07. The number of imidazole rings is 1. The van der Waals surface area contributed by atoms with Gasteiger partial charge in [0.1, 0.15) is 18.3 Å². The number of primary amides is 6. The van der Waals surface area contributed by atoms with Crippen LogP contribution in [0.4, 0.5) is 0 Å². The maximum atomic E-state index is 14.4. The van der Waals surface area contributed by atoms with Crippen LogP contribution >= 0.6 is 7.82 Å². The number of aliphatic hydroxyl groups excluding tert-OH is 2. The van der Waals surface area contributed by atoms with E-state index in [-0.39, 0.29) is 77.2 Å². The van der Waals surface area contributed by atoms with Gasteiger partial charge in [-0.15, -0.1) is 0 Å². The number of aromatic nitrogens is 2. The Hall–Kier alpha value is -7.00. The Morgan fingerprint density at radius 3 is 1.99 bits per heavy atom. The number of carbonyl (C=O) groups excluding carboxylic acids is 7. The second-order valence-electron chi connectivity index (χ2n) is 27.1. The number of aryl methyl sites for hydroxylation is 2. The van der Waals surface area contributed by atoms with Gasteiger partial charge in [0.2, 0.25) is 41.4 Å². The van der Waals surface area contributed by atoms with Crippen molar-refractivity contribution in [3.63, 3.8) is 0 Å². The lowest BCUT2D eigenvalue weighted by molar-refractivity contribution is -0.124. The molecule has 7 amide bonds. The number of aliphatic hydroxyl groups is 2. The van der Waals surface area contributed by atoms with Crippen LogP contribution in [0.1, 0.15) is 150 Å². The first kappa shape index (κ1) is 68.9. The van der Waals surface area contributed by atoms with Gasteiger partial charge in [-0.1, -0.05) is 34.6 Å². The summed E-state index contributed by atoms with van der Waals surface area (Å²) in [6.45, 7) is 19.3. The molecule has 0 radical (unpaired) electrons. The first-order valence-corrected chi connectivity index (χ1v) is 32.1. The van der Waals surface area contributed by atoms with Gasteiger partial charge in [-0.3, -0.25) is 57.6 Å². The van der Waals surface area contributed by atoms with Crippen LogP contribution < -0.4 is 45.0 Å². The van der Waals surface area contributed by atoms with Crippen molar-refractivity contribution < 1.29 is 67.0 Å². The number of hydrogen-bond acceptors (Lipinski definition) is 18. The van der Waals surface area contributed by atoms with E-state index in [0.29, 0.717) is 56.4 Å². The Bertz CT molecular complexity index is 3540. The first-order valence-electron chi connectivity index (χ1n) is 30.6. The van der Waals surface area contributed by atoms with Crippen LogP contribution in [0.3, 0.4) is 0 Å². The highest BCUT2D eigenvalue weighted by Crippen LogP contribution is 2.63. The molecule has 2 saturated heterocycles. The summed E-state index contributed by atoms with van der Waals surface area (Å²) in [5, 5.41) is 28.2. The highest BCUT2D eigenvalue weighted by molar-refractivity contribution is 7.47. The Morgan fingerprint density at radius 2 is 1.40 bits per heavy atom. The zero-order valence-electron chi connectivity index (χ0n) is 53.3. The zero-order chi connectivity index (χ0) is 66.7. The van der Waals surface area contributed by atoms with Crippen LogP contribution in [-0.2, 0) is 51.9 Å². The van der Waals surface area contributed by atoms with E-state index in [4.69, 9.17) is 63.2 Å². The number of carbonyl (C=O) groups is 7. The van der Waals surface area contributed by atoms with Crippen LogP contribution in [0, 0.1) is 59.2 Å². The third kappa shape index (κ3) is 13.0. The molecule has 2 aromatic rings. The molecule has 90 heavy (non-hydrogen) atoms. The lowest BCUT2D eigenvalue weighted by atomic mass is 9.55. The van der Waals surface area contributed by atoms with E-state index < -0.39 is 143 Å². The number of phosphoric acid groups is 1. The minimum Gasteiger partial charge on any atom is -0.394 e. The molecule has 2 fully saturated rings. The molecule has 27 nitrogen and oxygen atoms in total. The predicted molar refractivity (Wildman–Crippen MR) is 334 cm³/mol. The maximum absolute atomic E-state index is 14.4. The van der Waals surface area contributed by atoms with Gasteiger partial charge >= 0.3 is 7.82 Å². The monoisotopic (exact) mass is 1270 g/mol. The van der Waals surface area contributed by atoms with Crippen molar-refractivity contribution in [1.82, 2.24) is 20.2 Å². The van der Waals surface area contributed by atoms with E-state index in [1.165, 1.54) is 13.3 Å². The molecular weight excluding hydrogens is 1180 g/mol. The Morgan fingerprint density at radius 1 is 0.800 bits per heavy atom. The number of nitrogens with one attached hydrogen (secondary N) is 2. The first-order chi connectivity index (χ1) is 41.8. The number of phosphoric ester groups is 1. The molecular formula is C62H90N13O14P. The van der Waals surface area contributed by atoms with Gasteiger partial charge in [-0.2, -0.15) is 0 Å². The van der Waals surface area contributed by atoms with Crippen molar-refractivity contribution in [1.29, 1.82) is 0 Å². The van der Waals surface area contributed by atoms with Crippen molar-refractivity contribution in [2.45, 2.75) is 189 Å². The van der Waals surface area contributed by atoms with Crippen molar-refractivity contribution in [3.8, 4) is 0 Å². The fourth-order valence-corrected chi connectivity index (χ4v) is 16.6. The van der Waals surface area contributed by atoms with E-state index in [1.807, 2.05) is 87.4 Å². The largest absolute Gasteiger partial charge is 0.472 e. The molecule has 1 aromatic carbocycles. The zero-order valence-corrected chi connectivity index (χ0v) is 54.1. The molecule has 6 aliphatic heterocycles. The summed E-state index contributed by atoms with van der Waals surface area (Å²) in [5.41, 5.74) is 37.4. The molecule has 0 aliphatic carbocycles. The van der Waals surface area contributed by atoms with Crippen molar-refractivity contribution in [2.24, 2.45) is 94.7 Å². The summed E-state index contributed by atoms with van der Waals surface area (Å²) in [4.78, 5) is 126. The average Bonchev–Trinajstić information content (AvgIpc) is 1.53. The van der Waals surface area contributed by atoms with Crippen molar-refractivity contribution in [3.05, 3.63) is 63.9 Å². The van der Waals surface area contributed by atoms with Gasteiger partial charge in [0.15, 0.2) is 6.23 Å². The Kier molecular flexibility index (Phi) is 19.6. The Labute approximate surface area is 523 Å². The fraction of sp³-hybridized carbons (Fsp3) is 0.629. The second kappa shape index (κ2) is 25.6. The molecule has 6 aliphatic rings. The number of nitrogens with zero attached hydrogens (tertiary/aromatic N) is 5. The number of benzene rings is 1. The van der Waals surface area contributed by atoms with Crippen LogP contribution in [0.15, 0.2) is 67.8 Å². The summed E-state index contributed by atoms with van der Waals surface area (Å²) < 4.78 is 32.3. The van der Waals surface area contributed by atoms with Crippen LogP contribution in [-0.4, -0.2) is 132 Å². The van der Waals surface area contributed by atoms with Crippen molar-refractivity contribution >= 4 is 77.3 Å². The number of amides is 7. The van der Waals surface area contributed by atoms with E-state index in [9.17, 15) is 53.2 Å². The molecule has 8 bridgehead atoms. The summed E-state index contributed by atoms with van der Waals surface area (Å²) >= 11 is 0. The highest BCUT2D eigenvalue weighted by Gasteiger charge is 2.66. The van der Waals surface area contributed by atoms with Gasteiger partial charge < -0.3 is 69.4 Å². The predicted octanol–water partition coefficient (Wildman–Crippen LogP) is 3.16.